The van der Waals surface area contributed by atoms with Crippen molar-refractivity contribution in [2.24, 2.45) is 5.92 Å². The number of aromatic nitrogens is 1. The lowest BCUT2D eigenvalue weighted by Crippen LogP contribution is -2.47. The van der Waals surface area contributed by atoms with Gasteiger partial charge in [-0.1, -0.05) is 12.8 Å². The molecule has 2 fully saturated rings. The van der Waals surface area contributed by atoms with Gasteiger partial charge in [-0.25, -0.2) is 0 Å². The zero-order valence-electron chi connectivity index (χ0n) is 11.0. The van der Waals surface area contributed by atoms with Crippen molar-refractivity contribution >= 4 is 5.69 Å². The topological polar surface area (TPSA) is 16.1 Å². The van der Waals surface area contributed by atoms with Crippen LogP contribution in [0.25, 0.3) is 0 Å². The number of pyridine rings is 1. The summed E-state index contributed by atoms with van der Waals surface area (Å²) in [5.41, 5.74) is -0.577. The zero-order valence-corrected chi connectivity index (χ0v) is 11.0. The van der Waals surface area contributed by atoms with E-state index in [1.165, 1.54) is 4.90 Å². The number of rotatable bonds is 1. The van der Waals surface area contributed by atoms with E-state index in [2.05, 4.69) is 4.98 Å². The number of nitrogens with zero attached hydrogens (tertiary/aromatic N) is 2. The van der Waals surface area contributed by atoms with Gasteiger partial charge in [-0.05, 0) is 31.6 Å². The van der Waals surface area contributed by atoms with Crippen LogP contribution in [0.1, 0.15) is 38.5 Å². The van der Waals surface area contributed by atoms with Crippen molar-refractivity contribution in [1.29, 1.82) is 0 Å². The van der Waals surface area contributed by atoms with E-state index in [9.17, 15) is 17.6 Å². The summed E-state index contributed by atoms with van der Waals surface area (Å²) in [5, 5.41) is 0. The highest BCUT2D eigenvalue weighted by molar-refractivity contribution is 5.50. The Kier molecular flexibility index (Phi) is 3.56. The van der Waals surface area contributed by atoms with Crippen LogP contribution in [0, 0.1) is 29.4 Å². The van der Waals surface area contributed by atoms with Crippen LogP contribution in [0.3, 0.4) is 0 Å². The van der Waals surface area contributed by atoms with E-state index in [0.717, 1.165) is 38.5 Å². The molecule has 0 unspecified atom stereocenters. The molecule has 1 saturated heterocycles. The fourth-order valence-corrected chi connectivity index (χ4v) is 3.63. The van der Waals surface area contributed by atoms with Crippen molar-refractivity contribution in [2.45, 2.75) is 44.6 Å². The standard InChI is InChI=1S/C14H16F4N2/c15-10-12(11(16)14(18)19-13(10)17)20-7-3-5-8-4-1-2-6-9(8)20/h8-9H,1-7H2/t8-,9-/m1/s1. The monoisotopic (exact) mass is 288 g/mol. The lowest BCUT2D eigenvalue weighted by Gasteiger charge is -2.45. The summed E-state index contributed by atoms with van der Waals surface area (Å²) >= 11 is 0. The summed E-state index contributed by atoms with van der Waals surface area (Å²) in [6.07, 6.45) is 5.72. The first-order chi connectivity index (χ1) is 9.59. The smallest absolute Gasteiger partial charge is 0.253 e. The first-order valence-corrected chi connectivity index (χ1v) is 7.06. The number of piperidine rings is 1. The molecule has 0 radical (unpaired) electrons. The first-order valence-electron chi connectivity index (χ1n) is 7.06. The molecule has 0 bridgehead atoms. The molecule has 2 aliphatic rings. The van der Waals surface area contributed by atoms with Crippen LogP contribution in [0.2, 0.25) is 0 Å². The molecule has 0 N–H and O–H groups in total. The van der Waals surface area contributed by atoms with Crippen LogP contribution >= 0.6 is 0 Å². The highest BCUT2D eigenvalue weighted by atomic mass is 19.2. The first kappa shape index (κ1) is 13.6. The Balaban J connectivity index is 2.03. The Labute approximate surface area is 114 Å². The maximum atomic E-state index is 13.9. The average molecular weight is 288 g/mol. The quantitative estimate of drug-likeness (QED) is 0.577. The summed E-state index contributed by atoms with van der Waals surface area (Å²) in [5.74, 6) is -5.55. The van der Waals surface area contributed by atoms with Crippen molar-refractivity contribution in [3.8, 4) is 0 Å². The van der Waals surface area contributed by atoms with Gasteiger partial charge in [-0.2, -0.15) is 22.5 Å². The van der Waals surface area contributed by atoms with Crippen molar-refractivity contribution in [3.05, 3.63) is 23.5 Å². The summed E-state index contributed by atoms with van der Waals surface area (Å²) in [4.78, 5) is 4.14. The molecule has 110 valence electrons. The molecule has 1 saturated carbocycles. The predicted molar refractivity (Wildman–Crippen MR) is 66.4 cm³/mol. The summed E-state index contributed by atoms with van der Waals surface area (Å²) in [6, 6.07) is -0.0253. The minimum atomic E-state index is -1.57. The van der Waals surface area contributed by atoms with Gasteiger partial charge < -0.3 is 4.90 Å². The van der Waals surface area contributed by atoms with Gasteiger partial charge in [0.1, 0.15) is 5.69 Å². The molecule has 0 spiro atoms. The maximum absolute atomic E-state index is 13.9. The Morgan fingerprint density at radius 1 is 0.850 bits per heavy atom. The molecule has 1 aromatic heterocycles. The Morgan fingerprint density at radius 3 is 2.15 bits per heavy atom. The molecule has 6 heteroatoms. The van der Waals surface area contributed by atoms with Crippen LogP contribution < -0.4 is 4.90 Å². The summed E-state index contributed by atoms with van der Waals surface area (Å²) in [6.45, 7) is 0.428. The van der Waals surface area contributed by atoms with Gasteiger partial charge in [-0.3, -0.25) is 0 Å². The Hall–Kier alpha value is -1.33. The fraction of sp³-hybridized carbons (Fsp3) is 0.643. The minimum absolute atomic E-state index is 0.0253. The van der Waals surface area contributed by atoms with Crippen LogP contribution in [0.4, 0.5) is 23.2 Å². The third-order valence-electron chi connectivity index (χ3n) is 4.50. The van der Waals surface area contributed by atoms with Gasteiger partial charge >= 0.3 is 0 Å². The van der Waals surface area contributed by atoms with E-state index < -0.39 is 29.2 Å². The molecule has 20 heavy (non-hydrogen) atoms. The third kappa shape index (κ3) is 2.15. The second kappa shape index (κ2) is 5.22. The van der Waals surface area contributed by atoms with Gasteiger partial charge in [0.25, 0.3) is 11.9 Å². The molecule has 1 aromatic rings. The molecule has 1 aliphatic heterocycles. The average Bonchev–Trinajstić information content (AvgIpc) is 2.46. The number of hydrogen-bond acceptors (Lipinski definition) is 2. The predicted octanol–water partition coefficient (Wildman–Crippen LogP) is 3.80. The number of anilines is 1. The van der Waals surface area contributed by atoms with Crippen LogP contribution in [-0.2, 0) is 0 Å². The van der Waals surface area contributed by atoms with Crippen molar-refractivity contribution in [1.82, 2.24) is 4.98 Å². The Morgan fingerprint density at radius 2 is 1.45 bits per heavy atom. The highest BCUT2D eigenvalue weighted by Crippen LogP contribution is 2.39. The lowest BCUT2D eigenvalue weighted by molar-refractivity contribution is 0.239. The lowest BCUT2D eigenvalue weighted by atomic mass is 9.78. The minimum Gasteiger partial charge on any atom is -0.363 e. The largest absolute Gasteiger partial charge is 0.363 e. The molecule has 0 amide bonds. The second-order valence-corrected chi connectivity index (χ2v) is 5.62. The normalized spacial score (nSPS) is 26.5. The highest BCUT2D eigenvalue weighted by Gasteiger charge is 2.37. The van der Waals surface area contributed by atoms with Gasteiger partial charge in [0.05, 0.1) is 0 Å². The van der Waals surface area contributed by atoms with Gasteiger partial charge in [0.2, 0.25) is 11.6 Å². The molecule has 0 aromatic carbocycles. The van der Waals surface area contributed by atoms with Gasteiger partial charge in [-0.15, -0.1) is 0 Å². The third-order valence-corrected chi connectivity index (χ3v) is 4.50. The Bertz CT molecular complexity index is 492. The fourth-order valence-electron chi connectivity index (χ4n) is 3.63. The van der Waals surface area contributed by atoms with Crippen LogP contribution in [0.5, 0.6) is 0 Å². The SMILES string of the molecule is Fc1nc(F)c(F)c(N2CCC[C@H]3CCCC[C@H]32)c1F. The van der Waals surface area contributed by atoms with Crippen molar-refractivity contribution in [3.63, 3.8) is 0 Å². The van der Waals surface area contributed by atoms with Crippen molar-refractivity contribution < 1.29 is 17.6 Å². The molecule has 2 nitrogen and oxygen atoms in total. The van der Waals surface area contributed by atoms with E-state index in [1.807, 2.05) is 0 Å². The number of hydrogen-bond donors (Lipinski definition) is 0. The van der Waals surface area contributed by atoms with Gasteiger partial charge in [0, 0.05) is 12.6 Å². The molecular formula is C14H16F4N2. The number of fused-ring (bicyclic) bond motifs is 1. The molecule has 2 atom stereocenters. The summed E-state index contributed by atoms with van der Waals surface area (Å²) in [7, 11) is 0. The maximum Gasteiger partial charge on any atom is 0.253 e. The van der Waals surface area contributed by atoms with Crippen molar-refractivity contribution in [2.75, 3.05) is 11.4 Å². The number of halogens is 4. The van der Waals surface area contributed by atoms with E-state index in [0.29, 0.717) is 12.5 Å². The van der Waals surface area contributed by atoms with Crippen LogP contribution in [-0.4, -0.2) is 17.6 Å². The van der Waals surface area contributed by atoms with E-state index in [4.69, 9.17) is 0 Å². The summed E-state index contributed by atoms with van der Waals surface area (Å²) < 4.78 is 54.4. The molecule has 2 heterocycles. The molecular weight excluding hydrogens is 272 g/mol. The van der Waals surface area contributed by atoms with E-state index >= 15 is 0 Å². The van der Waals surface area contributed by atoms with E-state index in [1.54, 1.807) is 0 Å². The molecule has 1 aliphatic carbocycles. The van der Waals surface area contributed by atoms with Crippen LogP contribution in [0.15, 0.2) is 0 Å². The van der Waals surface area contributed by atoms with E-state index in [-0.39, 0.29) is 6.04 Å². The van der Waals surface area contributed by atoms with Gasteiger partial charge in [0.15, 0.2) is 0 Å². The molecule has 3 rings (SSSR count). The second-order valence-electron chi connectivity index (χ2n) is 5.62. The zero-order chi connectivity index (χ0) is 14.3.